The average Bonchev–Trinajstić information content (AvgIpc) is 2.96. The summed E-state index contributed by atoms with van der Waals surface area (Å²) in [4.78, 5) is 29.0. The first-order chi connectivity index (χ1) is 19.7. The quantitative estimate of drug-likeness (QED) is 0.248. The van der Waals surface area contributed by atoms with Crippen LogP contribution in [0.25, 0.3) is 0 Å². The van der Waals surface area contributed by atoms with Crippen LogP contribution in [0, 0.1) is 18.3 Å². The number of nitrogens with one attached hydrogen (secondary N) is 1. The molecule has 2 aromatic rings. The highest BCUT2D eigenvalue weighted by molar-refractivity contribution is 5.96. The number of hydrogen-bond acceptors (Lipinski definition) is 4. The van der Waals surface area contributed by atoms with Crippen LogP contribution in [0.3, 0.4) is 0 Å². The monoisotopic (exact) mass is 559 g/mol. The second-order valence-corrected chi connectivity index (χ2v) is 11.6. The minimum atomic E-state index is -1.09. The molecule has 1 unspecified atom stereocenters. The molecule has 0 bridgehead atoms. The Kier molecular flexibility index (Phi) is 12.4. The summed E-state index contributed by atoms with van der Waals surface area (Å²) in [5.74, 6) is -1.02. The lowest BCUT2D eigenvalue weighted by molar-refractivity contribution is -0.145. The van der Waals surface area contributed by atoms with Crippen LogP contribution in [0.2, 0.25) is 0 Å². The average molecular weight is 560 g/mol. The maximum Gasteiger partial charge on any atom is 0.244 e. The molecule has 0 radical (unpaired) electrons. The number of aliphatic hydroxyl groups is 1. The molecule has 6 heteroatoms. The minimum absolute atomic E-state index is 0.0354. The van der Waals surface area contributed by atoms with Crippen LogP contribution >= 0.6 is 0 Å². The molecule has 0 aromatic heterocycles. The second-order valence-electron chi connectivity index (χ2n) is 11.6. The van der Waals surface area contributed by atoms with Gasteiger partial charge in [0, 0.05) is 31.1 Å². The summed E-state index contributed by atoms with van der Waals surface area (Å²) in [5.41, 5.74) is 9.56. The van der Waals surface area contributed by atoms with Crippen molar-refractivity contribution in [3.8, 4) is 0 Å². The van der Waals surface area contributed by atoms with Crippen molar-refractivity contribution in [1.29, 1.82) is 0 Å². The Hall–Kier alpha value is -3.22. The number of benzene rings is 2. The van der Waals surface area contributed by atoms with Gasteiger partial charge in [-0.2, -0.15) is 0 Å². The van der Waals surface area contributed by atoms with E-state index in [0.717, 1.165) is 43.4 Å². The Bertz CT molecular complexity index is 1180. The summed E-state index contributed by atoms with van der Waals surface area (Å²) >= 11 is 0. The molecule has 3 rings (SSSR count). The van der Waals surface area contributed by atoms with Crippen molar-refractivity contribution in [3.05, 3.63) is 94.6 Å². The molecule has 3 atom stereocenters. The number of aliphatic hydroxyl groups excluding tert-OH is 1. The molecule has 0 fully saturated rings. The predicted molar refractivity (Wildman–Crippen MR) is 167 cm³/mol. The van der Waals surface area contributed by atoms with Crippen LogP contribution in [0.1, 0.15) is 63.1 Å². The second kappa shape index (κ2) is 15.7. The van der Waals surface area contributed by atoms with Gasteiger partial charge < -0.3 is 21.1 Å². The first-order valence-corrected chi connectivity index (χ1v) is 15.2. The molecule has 1 aliphatic carbocycles. The van der Waals surface area contributed by atoms with E-state index < -0.39 is 23.3 Å². The van der Waals surface area contributed by atoms with Gasteiger partial charge in [-0.05, 0) is 70.0 Å². The first-order valence-electron chi connectivity index (χ1n) is 15.2. The number of rotatable bonds is 16. The van der Waals surface area contributed by atoms with Gasteiger partial charge in [-0.1, -0.05) is 91.7 Å². The van der Waals surface area contributed by atoms with Crippen LogP contribution < -0.4 is 11.1 Å². The van der Waals surface area contributed by atoms with Crippen molar-refractivity contribution in [2.75, 3.05) is 26.2 Å². The SMILES string of the molecule is CCCN(CCC)C(=O)C1([C@H](Cc2ccccc2)[C@@H](O)CNCCCc2ccc(C)cc2)C=C(C)C=C(C(N)=O)C1. The lowest BCUT2D eigenvalue weighted by Gasteiger charge is -2.45. The largest absolute Gasteiger partial charge is 0.391 e. The van der Waals surface area contributed by atoms with E-state index in [2.05, 4.69) is 50.4 Å². The topological polar surface area (TPSA) is 95.7 Å². The molecule has 4 N–H and O–H groups in total. The highest BCUT2D eigenvalue weighted by Crippen LogP contribution is 2.45. The van der Waals surface area contributed by atoms with Gasteiger partial charge in [-0.3, -0.25) is 9.59 Å². The predicted octanol–water partition coefficient (Wildman–Crippen LogP) is 5.13. The summed E-state index contributed by atoms with van der Waals surface area (Å²) in [7, 11) is 0. The van der Waals surface area contributed by atoms with E-state index in [1.54, 1.807) is 6.08 Å². The van der Waals surface area contributed by atoms with Gasteiger partial charge in [0.1, 0.15) is 0 Å². The number of aryl methyl sites for hydroxylation is 2. The number of amides is 2. The summed E-state index contributed by atoms with van der Waals surface area (Å²) in [6, 6.07) is 18.6. The summed E-state index contributed by atoms with van der Waals surface area (Å²) in [6.07, 6.45) is 7.20. The number of hydrogen-bond donors (Lipinski definition) is 3. The van der Waals surface area contributed by atoms with Gasteiger partial charge in [0.15, 0.2) is 0 Å². The van der Waals surface area contributed by atoms with Gasteiger partial charge in [0.05, 0.1) is 11.5 Å². The molecular weight excluding hydrogens is 510 g/mol. The standard InChI is InChI=1S/C35H49N3O3/c1-5-19-38(20-6-2)34(41)35(23-27(4)21-30(24-35)33(36)40)31(22-29-11-8-7-9-12-29)32(39)25-37-18-10-13-28-16-14-26(3)15-17-28/h7-9,11-12,14-17,21,23,31-32,37,39H,5-6,10,13,18-20,22,24-25H2,1-4H3,(H2,36,40)/t31-,32+,35?/m1/s1. The Morgan fingerprint density at radius 3 is 2.27 bits per heavy atom. The Labute approximate surface area is 246 Å². The molecule has 0 spiro atoms. The van der Waals surface area contributed by atoms with Crippen LogP contribution in [0.15, 0.2) is 77.9 Å². The van der Waals surface area contributed by atoms with Crippen molar-refractivity contribution in [1.82, 2.24) is 10.2 Å². The first kappa shape index (κ1) is 32.3. The van der Waals surface area contributed by atoms with Gasteiger partial charge in [0.25, 0.3) is 0 Å². The third kappa shape index (κ3) is 8.88. The molecular formula is C35H49N3O3. The lowest BCUT2D eigenvalue weighted by Crippen LogP contribution is -2.54. The van der Waals surface area contributed by atoms with Crippen LogP contribution in [-0.4, -0.2) is 54.1 Å². The molecule has 2 amide bonds. The molecule has 6 nitrogen and oxygen atoms in total. The van der Waals surface area contributed by atoms with Crippen molar-refractivity contribution in [2.45, 2.75) is 72.3 Å². The van der Waals surface area contributed by atoms with Gasteiger partial charge in [0.2, 0.25) is 11.8 Å². The zero-order valence-corrected chi connectivity index (χ0v) is 25.4. The third-order valence-corrected chi connectivity index (χ3v) is 8.08. The van der Waals surface area contributed by atoms with Gasteiger partial charge >= 0.3 is 0 Å². The summed E-state index contributed by atoms with van der Waals surface area (Å²) < 4.78 is 0. The molecule has 1 aliphatic rings. The minimum Gasteiger partial charge on any atom is -0.391 e. The van der Waals surface area contributed by atoms with E-state index in [1.807, 2.05) is 48.2 Å². The normalized spacial score (nSPS) is 18.3. The van der Waals surface area contributed by atoms with Crippen LogP contribution in [0.4, 0.5) is 0 Å². The highest BCUT2D eigenvalue weighted by Gasteiger charge is 2.50. The summed E-state index contributed by atoms with van der Waals surface area (Å²) in [6.45, 7) is 10.5. The van der Waals surface area contributed by atoms with E-state index in [1.165, 1.54) is 11.1 Å². The van der Waals surface area contributed by atoms with Crippen molar-refractivity contribution >= 4 is 11.8 Å². The maximum absolute atomic E-state index is 14.6. The molecule has 0 saturated heterocycles. The lowest BCUT2D eigenvalue weighted by atomic mass is 9.63. The fraction of sp³-hybridized carbons (Fsp3) is 0.486. The Morgan fingerprint density at radius 2 is 1.66 bits per heavy atom. The van der Waals surface area contributed by atoms with E-state index in [0.29, 0.717) is 31.6 Å². The fourth-order valence-electron chi connectivity index (χ4n) is 6.08. The van der Waals surface area contributed by atoms with E-state index in [9.17, 15) is 14.7 Å². The van der Waals surface area contributed by atoms with Crippen LogP contribution in [0.5, 0.6) is 0 Å². The number of allylic oxidation sites excluding steroid dienone is 2. The molecule has 0 aliphatic heterocycles. The summed E-state index contributed by atoms with van der Waals surface area (Å²) in [5, 5.41) is 15.3. The van der Waals surface area contributed by atoms with Crippen molar-refractivity contribution in [3.63, 3.8) is 0 Å². The van der Waals surface area contributed by atoms with E-state index >= 15 is 0 Å². The molecule has 0 saturated carbocycles. The number of carbonyl (C=O) groups is 2. The van der Waals surface area contributed by atoms with E-state index in [4.69, 9.17) is 5.73 Å². The molecule has 41 heavy (non-hydrogen) atoms. The number of nitrogens with zero attached hydrogens (tertiary/aromatic N) is 1. The van der Waals surface area contributed by atoms with E-state index in [-0.39, 0.29) is 12.3 Å². The number of nitrogens with two attached hydrogens (primary N) is 1. The Balaban J connectivity index is 1.91. The number of primary amides is 1. The zero-order valence-electron chi connectivity index (χ0n) is 25.4. The Morgan fingerprint density at radius 1 is 1.00 bits per heavy atom. The van der Waals surface area contributed by atoms with Gasteiger partial charge in [-0.15, -0.1) is 0 Å². The fourth-order valence-corrected chi connectivity index (χ4v) is 6.08. The van der Waals surface area contributed by atoms with Crippen molar-refractivity contribution in [2.24, 2.45) is 17.1 Å². The molecule has 0 heterocycles. The van der Waals surface area contributed by atoms with Crippen molar-refractivity contribution < 1.29 is 14.7 Å². The molecule has 2 aromatic carbocycles. The highest BCUT2D eigenvalue weighted by atomic mass is 16.3. The zero-order chi connectivity index (χ0) is 29.8. The van der Waals surface area contributed by atoms with Crippen LogP contribution in [-0.2, 0) is 22.4 Å². The van der Waals surface area contributed by atoms with Gasteiger partial charge in [-0.25, -0.2) is 0 Å². The maximum atomic E-state index is 14.6. The molecule has 222 valence electrons. The smallest absolute Gasteiger partial charge is 0.244 e. The third-order valence-electron chi connectivity index (χ3n) is 8.08. The number of carbonyl (C=O) groups excluding carboxylic acids is 2.